The fraction of sp³-hybridized carbons (Fsp3) is 0.167. The Morgan fingerprint density at radius 2 is 1.83 bits per heavy atom. The van der Waals surface area contributed by atoms with Crippen molar-refractivity contribution in [3.63, 3.8) is 0 Å². The molecule has 92 valence electrons. The number of carboxylic acids is 2. The molecule has 0 aliphatic carbocycles. The summed E-state index contributed by atoms with van der Waals surface area (Å²) < 4.78 is 0. The van der Waals surface area contributed by atoms with Crippen molar-refractivity contribution in [1.29, 1.82) is 0 Å². The molecule has 2 N–H and O–H groups in total. The van der Waals surface area contributed by atoms with E-state index in [0.29, 0.717) is 5.56 Å². The fourth-order valence-electron chi connectivity index (χ4n) is 1.93. The van der Waals surface area contributed by atoms with Crippen LogP contribution in [0, 0.1) is 5.92 Å². The lowest BCUT2D eigenvalue weighted by Gasteiger charge is -2.24. The summed E-state index contributed by atoms with van der Waals surface area (Å²) in [5, 5.41) is 18.3. The molecule has 6 heteroatoms. The summed E-state index contributed by atoms with van der Waals surface area (Å²) in [7, 11) is 0. The Hall–Kier alpha value is -2.50. The number of pyridine rings is 1. The Balaban J connectivity index is 2.49. The molecule has 0 spiro atoms. The van der Waals surface area contributed by atoms with Gasteiger partial charge < -0.3 is 10.2 Å². The normalized spacial score (nSPS) is 22.3. The van der Waals surface area contributed by atoms with Crippen LogP contribution in [-0.2, 0) is 9.59 Å². The summed E-state index contributed by atoms with van der Waals surface area (Å²) >= 11 is 0. The van der Waals surface area contributed by atoms with E-state index in [4.69, 9.17) is 10.2 Å². The molecule has 1 aromatic rings. The SMILES string of the molecule is O=C(O)C1=CN=CC(C(=O)O)C1c1ccncc1. The maximum atomic E-state index is 11.2. The van der Waals surface area contributed by atoms with Crippen LogP contribution in [0.15, 0.2) is 41.3 Å². The first-order valence-corrected chi connectivity index (χ1v) is 5.20. The van der Waals surface area contributed by atoms with E-state index in [0.717, 1.165) is 0 Å². The van der Waals surface area contributed by atoms with Gasteiger partial charge in [0.25, 0.3) is 0 Å². The van der Waals surface area contributed by atoms with Crippen LogP contribution in [0.5, 0.6) is 0 Å². The van der Waals surface area contributed by atoms with Gasteiger partial charge >= 0.3 is 11.9 Å². The number of aliphatic imine (C=N–C) groups is 1. The number of carboxylic acid groups (broad SMARTS) is 2. The van der Waals surface area contributed by atoms with Gasteiger partial charge in [0.2, 0.25) is 0 Å². The second-order valence-electron chi connectivity index (χ2n) is 3.81. The van der Waals surface area contributed by atoms with Crippen LogP contribution < -0.4 is 0 Å². The van der Waals surface area contributed by atoms with E-state index >= 15 is 0 Å². The van der Waals surface area contributed by atoms with Crippen molar-refractivity contribution in [3.05, 3.63) is 41.9 Å². The quantitative estimate of drug-likeness (QED) is 0.825. The van der Waals surface area contributed by atoms with Gasteiger partial charge in [-0.05, 0) is 17.7 Å². The summed E-state index contributed by atoms with van der Waals surface area (Å²) in [5.74, 6) is -4.00. The van der Waals surface area contributed by atoms with Gasteiger partial charge in [-0.2, -0.15) is 0 Å². The lowest BCUT2D eigenvalue weighted by Crippen LogP contribution is -2.29. The molecule has 0 aromatic carbocycles. The van der Waals surface area contributed by atoms with Crippen molar-refractivity contribution in [2.75, 3.05) is 0 Å². The van der Waals surface area contributed by atoms with Gasteiger partial charge in [-0.1, -0.05) is 0 Å². The topological polar surface area (TPSA) is 99.8 Å². The number of rotatable bonds is 3. The van der Waals surface area contributed by atoms with Crippen LogP contribution in [0.4, 0.5) is 0 Å². The van der Waals surface area contributed by atoms with Crippen LogP contribution in [0.2, 0.25) is 0 Å². The second kappa shape index (κ2) is 4.79. The lowest BCUT2D eigenvalue weighted by molar-refractivity contribution is -0.139. The Bertz CT molecular complexity index is 536. The zero-order chi connectivity index (χ0) is 13.1. The maximum absolute atomic E-state index is 11.2. The average molecular weight is 246 g/mol. The summed E-state index contributed by atoms with van der Waals surface area (Å²) in [6.07, 6.45) is 5.44. The highest BCUT2D eigenvalue weighted by atomic mass is 16.4. The van der Waals surface area contributed by atoms with Crippen LogP contribution in [0.25, 0.3) is 0 Å². The molecule has 0 saturated carbocycles. The van der Waals surface area contributed by atoms with Gasteiger partial charge in [-0.3, -0.25) is 14.8 Å². The van der Waals surface area contributed by atoms with Gasteiger partial charge in [-0.25, -0.2) is 4.79 Å². The molecule has 1 aliphatic heterocycles. The fourth-order valence-corrected chi connectivity index (χ4v) is 1.93. The minimum absolute atomic E-state index is 0.0314. The summed E-state index contributed by atoms with van der Waals surface area (Å²) in [5.41, 5.74) is 0.563. The highest BCUT2D eigenvalue weighted by molar-refractivity contribution is 5.97. The Kier molecular flexibility index (Phi) is 3.18. The molecular formula is C12H10N2O4. The van der Waals surface area contributed by atoms with Gasteiger partial charge in [-0.15, -0.1) is 0 Å². The van der Waals surface area contributed by atoms with Crippen molar-refractivity contribution >= 4 is 18.2 Å². The molecule has 18 heavy (non-hydrogen) atoms. The molecule has 2 atom stereocenters. The van der Waals surface area contributed by atoms with E-state index in [1.807, 2.05) is 0 Å². The Morgan fingerprint density at radius 3 is 2.39 bits per heavy atom. The van der Waals surface area contributed by atoms with Crippen molar-refractivity contribution in [1.82, 2.24) is 4.98 Å². The molecule has 2 heterocycles. The molecule has 0 fully saturated rings. The highest BCUT2D eigenvalue weighted by Crippen LogP contribution is 2.33. The highest BCUT2D eigenvalue weighted by Gasteiger charge is 2.35. The maximum Gasteiger partial charge on any atom is 0.333 e. The van der Waals surface area contributed by atoms with Crippen LogP contribution >= 0.6 is 0 Å². The van der Waals surface area contributed by atoms with E-state index < -0.39 is 23.8 Å². The van der Waals surface area contributed by atoms with Crippen molar-refractivity contribution in [2.24, 2.45) is 10.9 Å². The van der Waals surface area contributed by atoms with Gasteiger partial charge in [0.05, 0.1) is 5.57 Å². The van der Waals surface area contributed by atoms with Crippen LogP contribution in [0.3, 0.4) is 0 Å². The van der Waals surface area contributed by atoms with E-state index in [1.165, 1.54) is 24.8 Å². The number of carbonyl (C=O) groups is 2. The average Bonchev–Trinajstić information content (AvgIpc) is 2.38. The minimum Gasteiger partial charge on any atom is -0.481 e. The molecule has 0 amide bonds. The molecule has 2 rings (SSSR count). The van der Waals surface area contributed by atoms with Crippen molar-refractivity contribution < 1.29 is 19.8 Å². The molecule has 0 saturated heterocycles. The van der Waals surface area contributed by atoms with Crippen LogP contribution in [-0.4, -0.2) is 33.4 Å². The molecule has 0 bridgehead atoms. The monoisotopic (exact) mass is 246 g/mol. The second-order valence-corrected chi connectivity index (χ2v) is 3.81. The largest absolute Gasteiger partial charge is 0.481 e. The van der Waals surface area contributed by atoms with E-state index in [1.54, 1.807) is 12.1 Å². The molecule has 1 aromatic heterocycles. The zero-order valence-electron chi connectivity index (χ0n) is 9.22. The molecule has 6 nitrogen and oxygen atoms in total. The third-order valence-corrected chi connectivity index (χ3v) is 2.75. The lowest BCUT2D eigenvalue weighted by atomic mass is 9.80. The van der Waals surface area contributed by atoms with E-state index in [-0.39, 0.29) is 5.57 Å². The predicted molar refractivity (Wildman–Crippen MR) is 62.3 cm³/mol. The zero-order valence-corrected chi connectivity index (χ0v) is 9.22. The Morgan fingerprint density at radius 1 is 1.17 bits per heavy atom. The number of aliphatic carboxylic acids is 2. The standard InChI is InChI=1S/C12H10N2O4/c15-11(16)8-5-14-6-9(12(17)18)10(8)7-1-3-13-4-2-7/h1-6,8,10H,(H,15,16)(H,17,18). The van der Waals surface area contributed by atoms with Gasteiger partial charge in [0.1, 0.15) is 5.92 Å². The van der Waals surface area contributed by atoms with Crippen molar-refractivity contribution in [3.8, 4) is 0 Å². The van der Waals surface area contributed by atoms with Gasteiger partial charge in [0, 0.05) is 30.7 Å². The van der Waals surface area contributed by atoms with E-state index in [2.05, 4.69) is 9.98 Å². The minimum atomic E-state index is -1.17. The first-order chi connectivity index (χ1) is 8.61. The predicted octanol–water partition coefficient (Wildman–Crippen LogP) is 0.919. The molecular weight excluding hydrogens is 236 g/mol. The molecule has 1 aliphatic rings. The summed E-state index contributed by atoms with van der Waals surface area (Å²) in [6.45, 7) is 0. The molecule has 2 unspecified atom stereocenters. The van der Waals surface area contributed by atoms with Gasteiger partial charge in [0.15, 0.2) is 0 Å². The Labute approximate surface area is 102 Å². The third-order valence-electron chi connectivity index (χ3n) is 2.75. The summed E-state index contributed by atoms with van der Waals surface area (Å²) in [4.78, 5) is 29.9. The van der Waals surface area contributed by atoms with Crippen molar-refractivity contribution in [2.45, 2.75) is 5.92 Å². The first-order valence-electron chi connectivity index (χ1n) is 5.20. The van der Waals surface area contributed by atoms with Crippen LogP contribution in [0.1, 0.15) is 11.5 Å². The molecule has 0 radical (unpaired) electrons. The number of hydrogen-bond acceptors (Lipinski definition) is 4. The smallest absolute Gasteiger partial charge is 0.333 e. The van der Waals surface area contributed by atoms with E-state index in [9.17, 15) is 9.59 Å². The number of nitrogens with zero attached hydrogens (tertiary/aromatic N) is 2. The number of hydrogen-bond donors (Lipinski definition) is 2. The third kappa shape index (κ3) is 2.13. The number of aromatic nitrogens is 1. The summed E-state index contributed by atoms with van der Waals surface area (Å²) in [6, 6.07) is 3.22. The first kappa shape index (κ1) is 12.0.